The highest BCUT2D eigenvalue weighted by molar-refractivity contribution is 5.78. The maximum Gasteiger partial charge on any atom is 0.330 e. The molecule has 1 saturated carbocycles. The number of fused-ring (bicyclic) bond motifs is 2. The van der Waals surface area contributed by atoms with Gasteiger partial charge in [0.2, 0.25) is 0 Å². The van der Waals surface area contributed by atoms with Gasteiger partial charge < -0.3 is 4.42 Å². The van der Waals surface area contributed by atoms with Gasteiger partial charge in [-0.05, 0) is 48.1 Å². The highest BCUT2D eigenvalue weighted by Gasteiger charge is 2.32. The second-order valence-corrected chi connectivity index (χ2v) is 11.7. The van der Waals surface area contributed by atoms with Crippen molar-refractivity contribution < 1.29 is 4.42 Å². The van der Waals surface area contributed by atoms with Crippen LogP contribution in [0.2, 0.25) is 0 Å². The van der Waals surface area contributed by atoms with Crippen molar-refractivity contribution in [2.75, 3.05) is 6.54 Å². The molecule has 3 aromatic heterocycles. The molecule has 0 unspecified atom stereocenters. The lowest BCUT2D eigenvalue weighted by atomic mass is 9.97. The predicted octanol–water partition coefficient (Wildman–Crippen LogP) is 4.74. The number of nitriles is 1. The van der Waals surface area contributed by atoms with Gasteiger partial charge in [-0.15, -0.1) is 0 Å². The summed E-state index contributed by atoms with van der Waals surface area (Å²) in [5, 5.41) is 9.83. The lowest BCUT2D eigenvalue weighted by molar-refractivity contribution is 0.219. The van der Waals surface area contributed by atoms with E-state index >= 15 is 0 Å². The maximum atomic E-state index is 13.0. The van der Waals surface area contributed by atoms with E-state index in [2.05, 4.69) is 37.8 Å². The summed E-state index contributed by atoms with van der Waals surface area (Å²) in [7, 11) is 1.75. The Morgan fingerprint density at radius 1 is 1.16 bits per heavy atom. The van der Waals surface area contributed by atoms with Gasteiger partial charge in [0.05, 0.1) is 35.1 Å². The Kier molecular flexibility index (Phi) is 5.57. The van der Waals surface area contributed by atoms with E-state index < -0.39 is 0 Å². The van der Waals surface area contributed by atoms with E-state index in [9.17, 15) is 10.1 Å². The first-order valence-electron chi connectivity index (χ1n) is 13.0. The summed E-state index contributed by atoms with van der Waals surface area (Å²) < 4.78 is 9.47. The molecule has 190 valence electrons. The Hall–Kier alpha value is -3.70. The molecule has 8 nitrogen and oxygen atoms in total. The quantitative estimate of drug-likeness (QED) is 0.396. The molecular weight excluding hydrogens is 464 g/mol. The van der Waals surface area contributed by atoms with Crippen LogP contribution in [0.15, 0.2) is 39.5 Å². The van der Waals surface area contributed by atoms with Gasteiger partial charge in [0.25, 0.3) is 0 Å². The van der Waals surface area contributed by atoms with Gasteiger partial charge in [0.1, 0.15) is 5.76 Å². The highest BCUT2D eigenvalue weighted by Crippen LogP contribution is 2.40. The van der Waals surface area contributed by atoms with Gasteiger partial charge in [-0.25, -0.2) is 14.8 Å². The summed E-state index contributed by atoms with van der Waals surface area (Å²) in [6, 6.07) is 12.1. The summed E-state index contributed by atoms with van der Waals surface area (Å²) in [6.07, 6.45) is 3.27. The summed E-state index contributed by atoms with van der Waals surface area (Å²) in [5.74, 6) is 2.43. The summed E-state index contributed by atoms with van der Waals surface area (Å²) in [5.41, 5.74) is 5.58. The third-order valence-electron chi connectivity index (χ3n) is 7.25. The number of aryl methyl sites for hydroxylation is 1. The summed E-state index contributed by atoms with van der Waals surface area (Å²) >= 11 is 0. The van der Waals surface area contributed by atoms with Crippen LogP contribution in [0.5, 0.6) is 0 Å². The van der Waals surface area contributed by atoms with Crippen LogP contribution < -0.4 is 5.69 Å². The molecule has 0 atom stereocenters. The number of imidazole rings is 1. The molecule has 0 N–H and O–H groups in total. The Labute approximate surface area is 216 Å². The fraction of sp³-hybridized carbons (Fsp3) is 0.448. The number of hydrogen-bond donors (Lipinski definition) is 0. The van der Waals surface area contributed by atoms with Crippen molar-refractivity contribution in [3.8, 4) is 17.3 Å². The lowest BCUT2D eigenvalue weighted by Crippen LogP contribution is -2.29. The van der Waals surface area contributed by atoms with Crippen LogP contribution in [-0.4, -0.2) is 30.5 Å². The fourth-order valence-corrected chi connectivity index (χ4v) is 5.22. The number of oxazole rings is 1. The standard InChI is InChI=1S/C29H32N6O2/c1-29(2,3)17-35-24-10-9-22(31-26(24)33(4)28(35)36)21-13-18(5-6-20(21)14-30)15-34-12-11-23-25(16-34)37-27(32-23)19-7-8-19/h5-6,9-10,13,19H,7-8,11-12,15-17H2,1-4H3. The van der Waals surface area contributed by atoms with Crippen LogP contribution in [0.1, 0.15) is 68.0 Å². The number of rotatable bonds is 5. The predicted molar refractivity (Wildman–Crippen MR) is 141 cm³/mol. The third kappa shape index (κ3) is 4.49. The van der Waals surface area contributed by atoms with Crippen LogP contribution in [0.25, 0.3) is 22.4 Å². The normalized spacial score (nSPS) is 16.2. The van der Waals surface area contributed by atoms with E-state index in [1.54, 1.807) is 16.2 Å². The largest absolute Gasteiger partial charge is 0.444 e. The van der Waals surface area contributed by atoms with Gasteiger partial charge in [0.15, 0.2) is 11.5 Å². The molecule has 0 bridgehead atoms. The zero-order valence-corrected chi connectivity index (χ0v) is 21.9. The van der Waals surface area contributed by atoms with Gasteiger partial charge in [-0.1, -0.05) is 26.8 Å². The minimum atomic E-state index is -0.0782. The van der Waals surface area contributed by atoms with Crippen molar-refractivity contribution in [3.05, 3.63) is 69.3 Å². The van der Waals surface area contributed by atoms with Crippen LogP contribution >= 0.6 is 0 Å². The zero-order valence-electron chi connectivity index (χ0n) is 21.9. The fourth-order valence-electron chi connectivity index (χ4n) is 5.22. The molecule has 1 fully saturated rings. The van der Waals surface area contributed by atoms with Crippen molar-refractivity contribution >= 4 is 11.2 Å². The average molecular weight is 497 g/mol. The zero-order chi connectivity index (χ0) is 25.9. The number of pyridine rings is 1. The van der Waals surface area contributed by atoms with Crippen molar-refractivity contribution in [2.24, 2.45) is 12.5 Å². The van der Waals surface area contributed by atoms with Crippen molar-refractivity contribution in [3.63, 3.8) is 0 Å². The lowest BCUT2D eigenvalue weighted by Gasteiger charge is -2.25. The molecule has 2 aliphatic rings. The van der Waals surface area contributed by atoms with Gasteiger partial charge in [-0.2, -0.15) is 5.26 Å². The molecule has 1 aromatic carbocycles. The molecule has 0 spiro atoms. The van der Waals surface area contributed by atoms with Crippen LogP contribution in [0, 0.1) is 16.7 Å². The van der Waals surface area contributed by atoms with E-state index in [1.807, 2.05) is 24.3 Å². The monoisotopic (exact) mass is 496 g/mol. The van der Waals surface area contributed by atoms with Crippen LogP contribution in [0.4, 0.5) is 0 Å². The molecule has 0 saturated heterocycles. The minimum absolute atomic E-state index is 0.0422. The van der Waals surface area contributed by atoms with E-state index in [0.717, 1.165) is 60.0 Å². The number of hydrogen-bond acceptors (Lipinski definition) is 6. The average Bonchev–Trinajstić information content (AvgIpc) is 3.60. The Morgan fingerprint density at radius 2 is 1.97 bits per heavy atom. The number of nitrogens with zero attached hydrogens (tertiary/aromatic N) is 6. The SMILES string of the molecule is Cn1c(=O)n(CC(C)(C)C)c2ccc(-c3cc(CN4CCc5nc(C6CC6)oc5C4)ccc3C#N)nc21. The van der Waals surface area contributed by atoms with E-state index in [0.29, 0.717) is 29.4 Å². The van der Waals surface area contributed by atoms with Gasteiger partial charge >= 0.3 is 5.69 Å². The van der Waals surface area contributed by atoms with Gasteiger partial charge in [0, 0.05) is 44.6 Å². The maximum absolute atomic E-state index is 13.0. The molecule has 1 aliphatic heterocycles. The van der Waals surface area contributed by atoms with E-state index in [-0.39, 0.29) is 11.1 Å². The van der Waals surface area contributed by atoms with Crippen LogP contribution in [0.3, 0.4) is 0 Å². The molecule has 4 heterocycles. The number of benzene rings is 1. The molecule has 4 aromatic rings. The van der Waals surface area contributed by atoms with Gasteiger partial charge in [-0.3, -0.25) is 14.0 Å². The second kappa shape index (κ2) is 8.70. The molecule has 8 heteroatoms. The van der Waals surface area contributed by atoms with E-state index in [4.69, 9.17) is 14.4 Å². The molecule has 6 rings (SSSR count). The molecule has 37 heavy (non-hydrogen) atoms. The smallest absolute Gasteiger partial charge is 0.330 e. The molecular formula is C29H32N6O2. The summed E-state index contributed by atoms with van der Waals surface area (Å²) in [4.78, 5) is 24.9. The number of aromatic nitrogens is 4. The minimum Gasteiger partial charge on any atom is -0.444 e. The van der Waals surface area contributed by atoms with E-state index in [1.165, 1.54) is 12.8 Å². The first kappa shape index (κ1) is 23.7. The molecule has 0 radical (unpaired) electrons. The first-order valence-corrected chi connectivity index (χ1v) is 13.0. The van der Waals surface area contributed by atoms with Crippen molar-refractivity contribution in [1.82, 2.24) is 24.0 Å². The second-order valence-electron chi connectivity index (χ2n) is 11.7. The van der Waals surface area contributed by atoms with Crippen molar-refractivity contribution in [2.45, 2.75) is 65.6 Å². The van der Waals surface area contributed by atoms with Crippen molar-refractivity contribution in [1.29, 1.82) is 5.26 Å². The highest BCUT2D eigenvalue weighted by atomic mass is 16.4. The topological polar surface area (TPSA) is 92.9 Å². The first-order chi connectivity index (χ1) is 17.7. The molecule has 1 aliphatic carbocycles. The Bertz CT molecular complexity index is 1610. The Morgan fingerprint density at radius 3 is 2.70 bits per heavy atom. The molecule has 0 amide bonds. The van der Waals surface area contributed by atoms with Crippen LogP contribution in [-0.2, 0) is 33.1 Å². The Balaban J connectivity index is 1.30. The summed E-state index contributed by atoms with van der Waals surface area (Å²) in [6.45, 7) is 9.37. The third-order valence-corrected chi connectivity index (χ3v) is 7.25.